The maximum Gasteiger partial charge on any atom is 0.321 e. The summed E-state index contributed by atoms with van der Waals surface area (Å²) in [6.45, 7) is 3.90. The standard InChI is InChI=1S/C12H17NO2S/c1-9(2)13-11(12(14)15)8-16-10-6-4-3-5-7-10/h3-7,9,11,13H,8H2,1-2H3,(H,14,15). The van der Waals surface area contributed by atoms with Gasteiger partial charge in [-0.2, -0.15) is 0 Å². The van der Waals surface area contributed by atoms with E-state index in [2.05, 4.69) is 5.32 Å². The first-order valence-electron chi connectivity index (χ1n) is 5.26. The van der Waals surface area contributed by atoms with Crippen molar-refractivity contribution in [2.45, 2.75) is 30.8 Å². The quantitative estimate of drug-likeness (QED) is 0.747. The summed E-state index contributed by atoms with van der Waals surface area (Å²) in [4.78, 5) is 12.1. The lowest BCUT2D eigenvalue weighted by molar-refractivity contribution is -0.139. The van der Waals surface area contributed by atoms with Crippen LogP contribution in [0.2, 0.25) is 0 Å². The van der Waals surface area contributed by atoms with Gasteiger partial charge >= 0.3 is 5.97 Å². The van der Waals surface area contributed by atoms with E-state index in [1.165, 1.54) is 0 Å². The summed E-state index contributed by atoms with van der Waals surface area (Å²) in [7, 11) is 0. The Morgan fingerprint density at radius 3 is 2.50 bits per heavy atom. The summed E-state index contributed by atoms with van der Waals surface area (Å²) >= 11 is 1.56. The number of nitrogens with one attached hydrogen (secondary N) is 1. The molecule has 0 saturated carbocycles. The zero-order valence-corrected chi connectivity index (χ0v) is 10.3. The zero-order valence-electron chi connectivity index (χ0n) is 9.51. The van der Waals surface area contributed by atoms with Crippen molar-refractivity contribution in [2.24, 2.45) is 0 Å². The molecule has 2 N–H and O–H groups in total. The second-order valence-corrected chi connectivity index (χ2v) is 4.93. The fourth-order valence-electron chi connectivity index (χ4n) is 1.29. The Kier molecular flexibility index (Phi) is 5.35. The molecule has 1 unspecified atom stereocenters. The first-order chi connectivity index (χ1) is 7.59. The van der Waals surface area contributed by atoms with Crippen molar-refractivity contribution in [1.82, 2.24) is 5.32 Å². The van der Waals surface area contributed by atoms with Gasteiger partial charge in [0.05, 0.1) is 0 Å². The Labute approximate surface area is 100 Å². The fourth-order valence-corrected chi connectivity index (χ4v) is 2.24. The van der Waals surface area contributed by atoms with E-state index in [9.17, 15) is 4.79 Å². The fraction of sp³-hybridized carbons (Fsp3) is 0.417. The smallest absolute Gasteiger partial charge is 0.321 e. The number of aliphatic carboxylic acids is 1. The van der Waals surface area contributed by atoms with Gasteiger partial charge in [-0.25, -0.2) is 0 Å². The van der Waals surface area contributed by atoms with Gasteiger partial charge in [0.15, 0.2) is 0 Å². The van der Waals surface area contributed by atoms with E-state index in [1.54, 1.807) is 11.8 Å². The van der Waals surface area contributed by atoms with Gasteiger partial charge in [0.2, 0.25) is 0 Å². The summed E-state index contributed by atoms with van der Waals surface area (Å²) in [5.74, 6) is -0.255. The molecule has 1 aromatic rings. The van der Waals surface area contributed by atoms with Crippen LogP contribution in [-0.4, -0.2) is 28.9 Å². The largest absolute Gasteiger partial charge is 0.480 e. The van der Waals surface area contributed by atoms with Crippen LogP contribution >= 0.6 is 11.8 Å². The van der Waals surface area contributed by atoms with E-state index in [1.807, 2.05) is 44.2 Å². The summed E-state index contributed by atoms with van der Waals surface area (Å²) in [6.07, 6.45) is 0. The van der Waals surface area contributed by atoms with Crippen molar-refractivity contribution in [3.05, 3.63) is 30.3 Å². The molecule has 1 rings (SSSR count). The Morgan fingerprint density at radius 2 is 2.00 bits per heavy atom. The molecule has 88 valence electrons. The molecule has 0 fully saturated rings. The van der Waals surface area contributed by atoms with E-state index in [4.69, 9.17) is 5.11 Å². The van der Waals surface area contributed by atoms with Gasteiger partial charge in [-0.3, -0.25) is 4.79 Å². The minimum atomic E-state index is -0.794. The van der Waals surface area contributed by atoms with Crippen LogP contribution in [-0.2, 0) is 4.79 Å². The molecule has 0 aliphatic heterocycles. The molecule has 0 spiro atoms. The van der Waals surface area contributed by atoms with Gasteiger partial charge in [-0.05, 0) is 12.1 Å². The number of carbonyl (C=O) groups is 1. The van der Waals surface area contributed by atoms with Crippen LogP contribution in [0.4, 0.5) is 0 Å². The summed E-state index contributed by atoms with van der Waals surface area (Å²) in [5, 5.41) is 12.1. The lowest BCUT2D eigenvalue weighted by Crippen LogP contribution is -2.42. The molecule has 1 atom stereocenters. The van der Waals surface area contributed by atoms with Gasteiger partial charge in [0.1, 0.15) is 6.04 Å². The minimum Gasteiger partial charge on any atom is -0.480 e. The highest BCUT2D eigenvalue weighted by Crippen LogP contribution is 2.18. The molecular weight excluding hydrogens is 222 g/mol. The SMILES string of the molecule is CC(C)NC(CSc1ccccc1)C(=O)O. The third kappa shape index (κ3) is 4.68. The van der Waals surface area contributed by atoms with Gasteiger partial charge < -0.3 is 10.4 Å². The van der Waals surface area contributed by atoms with Crippen LogP contribution in [0.15, 0.2) is 35.2 Å². The monoisotopic (exact) mass is 239 g/mol. The highest BCUT2D eigenvalue weighted by Gasteiger charge is 2.17. The lowest BCUT2D eigenvalue weighted by Gasteiger charge is -2.16. The third-order valence-corrected chi connectivity index (χ3v) is 3.10. The number of benzene rings is 1. The van der Waals surface area contributed by atoms with Crippen LogP contribution in [0.5, 0.6) is 0 Å². The van der Waals surface area contributed by atoms with Gasteiger partial charge in [-0.15, -0.1) is 11.8 Å². The molecule has 0 aliphatic rings. The first-order valence-corrected chi connectivity index (χ1v) is 6.25. The number of hydrogen-bond acceptors (Lipinski definition) is 3. The normalized spacial score (nSPS) is 12.7. The molecule has 3 nitrogen and oxygen atoms in total. The molecule has 0 bridgehead atoms. The van der Waals surface area contributed by atoms with Crippen LogP contribution in [0.25, 0.3) is 0 Å². The molecule has 0 amide bonds. The maximum atomic E-state index is 11.0. The highest BCUT2D eigenvalue weighted by atomic mass is 32.2. The predicted molar refractivity (Wildman–Crippen MR) is 66.9 cm³/mol. The van der Waals surface area contributed by atoms with Gasteiger partial charge in [-0.1, -0.05) is 32.0 Å². The Morgan fingerprint density at radius 1 is 1.38 bits per heavy atom. The van der Waals surface area contributed by atoms with Crippen molar-refractivity contribution in [1.29, 1.82) is 0 Å². The van der Waals surface area contributed by atoms with Crippen LogP contribution in [0.1, 0.15) is 13.8 Å². The highest BCUT2D eigenvalue weighted by molar-refractivity contribution is 7.99. The number of thioether (sulfide) groups is 1. The topological polar surface area (TPSA) is 49.3 Å². The molecule has 0 heterocycles. The van der Waals surface area contributed by atoms with Crippen molar-refractivity contribution in [3.8, 4) is 0 Å². The molecule has 1 aromatic carbocycles. The van der Waals surface area contributed by atoms with Crippen molar-refractivity contribution in [3.63, 3.8) is 0 Å². The molecule has 4 heteroatoms. The summed E-state index contributed by atoms with van der Waals surface area (Å²) in [5.41, 5.74) is 0. The number of carboxylic acid groups (broad SMARTS) is 1. The average Bonchev–Trinajstić information content (AvgIpc) is 2.25. The maximum absolute atomic E-state index is 11.0. The van der Waals surface area contributed by atoms with Crippen molar-refractivity contribution in [2.75, 3.05) is 5.75 Å². The molecule has 0 saturated heterocycles. The minimum absolute atomic E-state index is 0.178. The third-order valence-electron chi connectivity index (χ3n) is 1.99. The number of carboxylic acids is 1. The second-order valence-electron chi connectivity index (χ2n) is 3.84. The first kappa shape index (κ1) is 13.1. The number of rotatable bonds is 6. The number of hydrogen-bond donors (Lipinski definition) is 2. The molecule has 0 radical (unpaired) electrons. The molecule has 0 aromatic heterocycles. The Hall–Kier alpha value is -1.00. The van der Waals surface area contributed by atoms with Crippen LogP contribution in [0.3, 0.4) is 0 Å². The van der Waals surface area contributed by atoms with E-state index < -0.39 is 12.0 Å². The summed E-state index contributed by atoms with van der Waals surface area (Å²) in [6, 6.07) is 9.51. The van der Waals surface area contributed by atoms with Gasteiger partial charge in [0, 0.05) is 16.7 Å². The summed E-state index contributed by atoms with van der Waals surface area (Å²) < 4.78 is 0. The predicted octanol–water partition coefficient (Wildman–Crippen LogP) is 2.23. The van der Waals surface area contributed by atoms with E-state index in [-0.39, 0.29) is 6.04 Å². The van der Waals surface area contributed by atoms with E-state index in [0.717, 1.165) is 4.90 Å². The van der Waals surface area contributed by atoms with E-state index >= 15 is 0 Å². The molecule has 0 aliphatic carbocycles. The van der Waals surface area contributed by atoms with Crippen molar-refractivity contribution >= 4 is 17.7 Å². The second kappa shape index (κ2) is 6.55. The Balaban J connectivity index is 2.47. The Bertz CT molecular complexity index is 327. The zero-order chi connectivity index (χ0) is 12.0. The average molecular weight is 239 g/mol. The van der Waals surface area contributed by atoms with Crippen molar-refractivity contribution < 1.29 is 9.90 Å². The molecular formula is C12H17NO2S. The lowest BCUT2D eigenvalue weighted by atomic mass is 10.3. The molecule has 16 heavy (non-hydrogen) atoms. The van der Waals surface area contributed by atoms with Gasteiger partial charge in [0.25, 0.3) is 0 Å². The van der Waals surface area contributed by atoms with Crippen LogP contribution < -0.4 is 5.32 Å². The van der Waals surface area contributed by atoms with Crippen LogP contribution in [0, 0.1) is 0 Å². The van der Waals surface area contributed by atoms with E-state index in [0.29, 0.717) is 5.75 Å².